The zero-order chi connectivity index (χ0) is 19.1. The Kier molecular flexibility index (Phi) is 5.07. The quantitative estimate of drug-likeness (QED) is 0.727. The molecule has 1 fully saturated rings. The van der Waals surface area contributed by atoms with E-state index in [4.69, 9.17) is 4.98 Å². The van der Waals surface area contributed by atoms with Crippen LogP contribution in [0.2, 0.25) is 0 Å². The Labute approximate surface area is 171 Å². The molecule has 2 N–H and O–H groups in total. The highest BCUT2D eigenvalue weighted by Gasteiger charge is 2.25. The number of nitrogens with one attached hydrogen (secondary N) is 2. The molecule has 1 atom stereocenters. The zero-order valence-corrected chi connectivity index (χ0v) is 17.7. The summed E-state index contributed by atoms with van der Waals surface area (Å²) in [4.78, 5) is 7.13. The number of aromatic amines is 1. The predicted octanol–water partition coefficient (Wildman–Crippen LogP) is 3.42. The van der Waals surface area contributed by atoms with Crippen LogP contribution in [-0.2, 0) is 25.7 Å². The van der Waals surface area contributed by atoms with E-state index in [9.17, 15) is 0 Å². The lowest BCUT2D eigenvalue weighted by Crippen LogP contribution is -2.22. The number of anilines is 2. The predicted molar refractivity (Wildman–Crippen MR) is 114 cm³/mol. The SMILES string of the molecule is CN1CCC(CN(C)Sc2n[nH]c(Nc3c4c(cc5c3CCC5)CCC4)n2)C1. The molecule has 3 aliphatic rings. The largest absolute Gasteiger partial charge is 0.324 e. The molecule has 1 unspecified atom stereocenters. The molecule has 0 bridgehead atoms. The smallest absolute Gasteiger partial charge is 0.225 e. The molecule has 2 aliphatic carbocycles. The van der Waals surface area contributed by atoms with Crippen LogP contribution in [0.15, 0.2) is 11.2 Å². The Morgan fingerprint density at radius 1 is 1.21 bits per heavy atom. The van der Waals surface area contributed by atoms with Gasteiger partial charge in [-0.1, -0.05) is 6.07 Å². The highest BCUT2D eigenvalue weighted by atomic mass is 32.2. The highest BCUT2D eigenvalue weighted by Crippen LogP contribution is 2.39. The molecule has 6 nitrogen and oxygen atoms in total. The summed E-state index contributed by atoms with van der Waals surface area (Å²) in [7, 11) is 4.35. The second-order valence-electron chi connectivity index (χ2n) is 8.64. The van der Waals surface area contributed by atoms with Gasteiger partial charge in [-0.25, -0.2) is 9.40 Å². The molecule has 2 aromatic rings. The Bertz CT molecular complexity index is 831. The third kappa shape index (κ3) is 3.67. The summed E-state index contributed by atoms with van der Waals surface area (Å²) in [6.45, 7) is 3.48. The van der Waals surface area contributed by atoms with Crippen molar-refractivity contribution in [2.45, 2.75) is 50.1 Å². The second-order valence-corrected chi connectivity index (χ2v) is 9.82. The lowest BCUT2D eigenvalue weighted by molar-refractivity contribution is 0.369. The van der Waals surface area contributed by atoms with E-state index in [-0.39, 0.29) is 0 Å². The van der Waals surface area contributed by atoms with Crippen LogP contribution in [0.25, 0.3) is 0 Å². The Hall–Kier alpha value is -1.57. The molecule has 1 aromatic carbocycles. The number of hydrogen-bond acceptors (Lipinski definition) is 6. The minimum Gasteiger partial charge on any atom is -0.324 e. The lowest BCUT2D eigenvalue weighted by atomic mass is 9.99. The molecule has 28 heavy (non-hydrogen) atoms. The molecule has 1 saturated heterocycles. The van der Waals surface area contributed by atoms with Crippen molar-refractivity contribution >= 4 is 23.6 Å². The standard InChI is InChI=1S/C21H30N6S/c1-26-10-9-14(12-26)13-27(2)28-21-23-20(24-25-21)22-19-17-7-3-5-15(17)11-16-6-4-8-18(16)19/h11,14H,3-10,12-13H2,1-2H3,(H2,22,23,24,25). The molecule has 1 aromatic heterocycles. The van der Waals surface area contributed by atoms with Gasteiger partial charge in [0.1, 0.15) is 0 Å². The van der Waals surface area contributed by atoms with Crippen LogP contribution in [0.4, 0.5) is 11.6 Å². The van der Waals surface area contributed by atoms with Gasteiger partial charge >= 0.3 is 0 Å². The van der Waals surface area contributed by atoms with Crippen LogP contribution in [0, 0.1) is 5.92 Å². The van der Waals surface area contributed by atoms with E-state index in [2.05, 4.69) is 44.9 Å². The molecule has 0 radical (unpaired) electrons. The molecular formula is C21H30N6S. The summed E-state index contributed by atoms with van der Waals surface area (Å²) in [5.74, 6) is 1.51. The molecule has 0 saturated carbocycles. The number of nitrogens with zero attached hydrogens (tertiary/aromatic N) is 4. The number of aryl methyl sites for hydroxylation is 2. The summed E-state index contributed by atoms with van der Waals surface area (Å²) in [6.07, 6.45) is 8.62. The van der Waals surface area contributed by atoms with E-state index >= 15 is 0 Å². The van der Waals surface area contributed by atoms with Crippen molar-refractivity contribution in [1.82, 2.24) is 24.4 Å². The minimum atomic E-state index is 0.744. The molecule has 7 heteroatoms. The zero-order valence-electron chi connectivity index (χ0n) is 16.9. The fourth-order valence-electron chi connectivity index (χ4n) is 5.14. The van der Waals surface area contributed by atoms with Crippen LogP contribution >= 0.6 is 11.9 Å². The first kappa shape index (κ1) is 18.5. The van der Waals surface area contributed by atoms with Crippen molar-refractivity contribution in [3.8, 4) is 0 Å². The first-order valence-corrected chi connectivity index (χ1v) is 11.4. The van der Waals surface area contributed by atoms with Crippen LogP contribution < -0.4 is 5.32 Å². The number of likely N-dealkylation sites (tertiary alicyclic amines) is 1. The highest BCUT2D eigenvalue weighted by molar-refractivity contribution is 7.96. The van der Waals surface area contributed by atoms with Gasteiger partial charge < -0.3 is 10.2 Å². The van der Waals surface area contributed by atoms with E-state index in [1.165, 1.54) is 74.8 Å². The van der Waals surface area contributed by atoms with Gasteiger partial charge in [-0.15, -0.1) is 5.10 Å². The van der Waals surface area contributed by atoms with Crippen molar-refractivity contribution in [3.63, 3.8) is 0 Å². The maximum Gasteiger partial charge on any atom is 0.225 e. The first-order chi connectivity index (χ1) is 13.7. The Morgan fingerprint density at radius 3 is 2.64 bits per heavy atom. The molecule has 1 aliphatic heterocycles. The van der Waals surface area contributed by atoms with E-state index in [0.29, 0.717) is 0 Å². The van der Waals surface area contributed by atoms with Crippen LogP contribution in [0.1, 0.15) is 41.5 Å². The number of fused-ring (bicyclic) bond motifs is 2. The summed E-state index contributed by atoms with van der Waals surface area (Å²) in [6, 6.07) is 2.47. The first-order valence-electron chi connectivity index (χ1n) is 10.6. The fraction of sp³-hybridized carbons (Fsp3) is 0.619. The molecule has 150 valence electrons. The number of aromatic nitrogens is 3. The van der Waals surface area contributed by atoms with Crippen LogP contribution in [-0.4, -0.2) is 58.1 Å². The monoisotopic (exact) mass is 398 g/mol. The summed E-state index contributed by atoms with van der Waals surface area (Å²) >= 11 is 1.64. The molecule has 5 rings (SSSR count). The van der Waals surface area contributed by atoms with Gasteiger partial charge in [0.25, 0.3) is 0 Å². The number of benzene rings is 1. The van der Waals surface area contributed by atoms with Crippen molar-refractivity contribution in [1.29, 1.82) is 0 Å². The summed E-state index contributed by atoms with van der Waals surface area (Å²) in [5, 5.41) is 12.0. The van der Waals surface area contributed by atoms with Crippen molar-refractivity contribution in [2.24, 2.45) is 5.92 Å². The van der Waals surface area contributed by atoms with Gasteiger partial charge in [-0.05, 0) is 93.8 Å². The maximum absolute atomic E-state index is 4.72. The van der Waals surface area contributed by atoms with E-state index < -0.39 is 0 Å². The maximum atomic E-state index is 4.72. The fourth-order valence-corrected chi connectivity index (χ4v) is 5.93. The molecular weight excluding hydrogens is 368 g/mol. The van der Waals surface area contributed by atoms with Gasteiger partial charge in [0, 0.05) is 30.7 Å². The minimum absolute atomic E-state index is 0.744. The number of hydrogen-bond donors (Lipinski definition) is 2. The van der Waals surface area contributed by atoms with Crippen molar-refractivity contribution in [3.05, 3.63) is 28.3 Å². The lowest BCUT2D eigenvalue weighted by Gasteiger charge is -2.18. The summed E-state index contributed by atoms with van der Waals surface area (Å²) < 4.78 is 2.27. The van der Waals surface area contributed by atoms with Gasteiger partial charge in [0.05, 0.1) is 0 Å². The Balaban J connectivity index is 1.27. The average molecular weight is 399 g/mol. The van der Waals surface area contributed by atoms with Crippen LogP contribution in [0.5, 0.6) is 0 Å². The second kappa shape index (κ2) is 7.69. The molecule has 0 amide bonds. The molecule has 0 spiro atoms. The number of H-pyrrole nitrogens is 1. The van der Waals surface area contributed by atoms with E-state index in [0.717, 1.165) is 23.6 Å². The van der Waals surface area contributed by atoms with Crippen LogP contribution in [0.3, 0.4) is 0 Å². The third-order valence-corrected chi connectivity index (χ3v) is 7.23. The van der Waals surface area contributed by atoms with Gasteiger partial charge in [0.15, 0.2) is 0 Å². The van der Waals surface area contributed by atoms with Gasteiger partial charge in [-0.3, -0.25) is 0 Å². The third-order valence-electron chi connectivity index (χ3n) is 6.42. The normalized spacial score (nSPS) is 21.5. The average Bonchev–Trinajstić information content (AvgIpc) is 3.43. The summed E-state index contributed by atoms with van der Waals surface area (Å²) in [5.41, 5.74) is 7.41. The topological polar surface area (TPSA) is 60.1 Å². The van der Waals surface area contributed by atoms with Gasteiger partial charge in [-0.2, -0.15) is 4.98 Å². The Morgan fingerprint density at radius 2 is 1.96 bits per heavy atom. The van der Waals surface area contributed by atoms with E-state index in [1.807, 2.05) is 0 Å². The van der Waals surface area contributed by atoms with Gasteiger partial charge in [0.2, 0.25) is 11.1 Å². The number of rotatable bonds is 6. The van der Waals surface area contributed by atoms with E-state index in [1.54, 1.807) is 23.1 Å². The van der Waals surface area contributed by atoms with Crippen molar-refractivity contribution in [2.75, 3.05) is 39.0 Å². The molecule has 2 heterocycles. The van der Waals surface area contributed by atoms with Crippen molar-refractivity contribution < 1.29 is 0 Å².